The number of hydroxylamine groups is 1. The summed E-state index contributed by atoms with van der Waals surface area (Å²) in [6.45, 7) is 0.184. The lowest BCUT2D eigenvalue weighted by Gasteiger charge is -2.11. The Morgan fingerprint density at radius 2 is 1.91 bits per heavy atom. The summed E-state index contributed by atoms with van der Waals surface area (Å²) in [5.41, 5.74) is 2.42. The third-order valence-corrected chi connectivity index (χ3v) is 3.31. The van der Waals surface area contributed by atoms with Crippen molar-refractivity contribution in [2.24, 2.45) is 0 Å². The molecule has 1 aliphatic heterocycles. The Labute approximate surface area is 126 Å². The van der Waals surface area contributed by atoms with Crippen LogP contribution in [0.3, 0.4) is 0 Å². The lowest BCUT2D eigenvalue weighted by Crippen LogP contribution is -2.39. The number of benzene rings is 1. The molecule has 0 radical (unpaired) electrons. The van der Waals surface area contributed by atoms with E-state index in [9.17, 15) is 14.7 Å². The molecule has 22 heavy (non-hydrogen) atoms. The molecule has 3 N–H and O–H groups in total. The van der Waals surface area contributed by atoms with Crippen LogP contribution >= 0.6 is 0 Å². The van der Waals surface area contributed by atoms with Gasteiger partial charge in [0.05, 0.1) is 14.2 Å². The molecular weight excluding hydrogens is 292 g/mol. The van der Waals surface area contributed by atoms with Crippen LogP contribution in [0.25, 0.3) is 6.08 Å². The van der Waals surface area contributed by atoms with Gasteiger partial charge >= 0.3 is 6.03 Å². The molecule has 0 aromatic heterocycles. The summed E-state index contributed by atoms with van der Waals surface area (Å²) in [5, 5.41) is 18.4. The third kappa shape index (κ3) is 2.82. The summed E-state index contributed by atoms with van der Waals surface area (Å²) in [6.07, 6.45) is 1.94. The topological polar surface area (TPSA) is 108 Å². The van der Waals surface area contributed by atoms with Gasteiger partial charge in [0.1, 0.15) is 0 Å². The second-order valence-electron chi connectivity index (χ2n) is 4.57. The van der Waals surface area contributed by atoms with Crippen LogP contribution in [-0.4, -0.2) is 47.9 Å². The number of carbonyl (C=O) groups excluding carboxylic acids is 2. The Morgan fingerprint density at radius 1 is 1.32 bits per heavy atom. The van der Waals surface area contributed by atoms with Crippen molar-refractivity contribution in [3.63, 3.8) is 0 Å². The van der Waals surface area contributed by atoms with E-state index < -0.39 is 11.9 Å². The zero-order valence-corrected chi connectivity index (χ0v) is 12.1. The summed E-state index contributed by atoms with van der Waals surface area (Å²) >= 11 is 0. The first kappa shape index (κ1) is 15.6. The summed E-state index contributed by atoms with van der Waals surface area (Å²) in [7, 11) is 2.80. The van der Waals surface area contributed by atoms with Crippen molar-refractivity contribution < 1.29 is 29.4 Å². The number of carbonyl (C=O) groups is 2. The molecule has 0 atom stereocenters. The Hall–Kier alpha value is -2.74. The van der Waals surface area contributed by atoms with Gasteiger partial charge in [-0.2, -0.15) is 0 Å². The average Bonchev–Trinajstić information content (AvgIpc) is 2.89. The molecule has 8 heteroatoms. The molecule has 1 aromatic carbocycles. The minimum atomic E-state index is -0.866. The van der Waals surface area contributed by atoms with Gasteiger partial charge in [0.15, 0.2) is 11.5 Å². The molecule has 1 aromatic rings. The van der Waals surface area contributed by atoms with Crippen molar-refractivity contribution in [2.45, 2.75) is 6.42 Å². The van der Waals surface area contributed by atoms with Crippen molar-refractivity contribution in [3.05, 3.63) is 23.3 Å². The SMILES string of the molecule is COc1cc(/C=C2/CCN(C(=O)NO)C2=O)cc(OC)c1O. The molecule has 1 heterocycles. The molecule has 0 aliphatic carbocycles. The van der Waals surface area contributed by atoms with E-state index in [0.29, 0.717) is 17.6 Å². The average molecular weight is 308 g/mol. The third-order valence-electron chi connectivity index (χ3n) is 3.31. The van der Waals surface area contributed by atoms with Gasteiger partial charge in [-0.05, 0) is 30.2 Å². The Balaban J connectivity index is 2.34. The van der Waals surface area contributed by atoms with Crippen LogP contribution in [-0.2, 0) is 4.79 Å². The van der Waals surface area contributed by atoms with Gasteiger partial charge in [0.2, 0.25) is 5.75 Å². The van der Waals surface area contributed by atoms with Crippen molar-refractivity contribution in [1.82, 2.24) is 10.4 Å². The van der Waals surface area contributed by atoms with E-state index in [4.69, 9.17) is 14.7 Å². The van der Waals surface area contributed by atoms with Gasteiger partial charge in [-0.15, -0.1) is 0 Å². The number of hydrogen-bond donors (Lipinski definition) is 3. The monoisotopic (exact) mass is 308 g/mol. The molecule has 0 saturated carbocycles. The highest BCUT2D eigenvalue weighted by Crippen LogP contribution is 2.38. The maximum absolute atomic E-state index is 12.1. The van der Waals surface area contributed by atoms with Gasteiger partial charge in [-0.1, -0.05) is 0 Å². The summed E-state index contributed by atoms with van der Waals surface area (Å²) in [6, 6.07) is 2.23. The number of hydrogen-bond acceptors (Lipinski definition) is 6. The summed E-state index contributed by atoms with van der Waals surface area (Å²) < 4.78 is 10.1. The molecule has 0 unspecified atom stereocenters. The minimum Gasteiger partial charge on any atom is -0.502 e. The number of rotatable bonds is 3. The zero-order valence-electron chi connectivity index (χ0n) is 12.1. The van der Waals surface area contributed by atoms with Crippen LogP contribution in [0, 0.1) is 0 Å². The van der Waals surface area contributed by atoms with Crippen LogP contribution in [0.4, 0.5) is 4.79 Å². The Morgan fingerprint density at radius 3 is 2.41 bits per heavy atom. The lowest BCUT2D eigenvalue weighted by molar-refractivity contribution is -0.122. The molecule has 1 aliphatic rings. The number of phenolic OH excluding ortho intramolecular Hbond substituents is 1. The fourth-order valence-electron chi connectivity index (χ4n) is 2.20. The molecule has 0 spiro atoms. The molecular formula is C14H16N2O6. The maximum Gasteiger partial charge on any atom is 0.348 e. The van der Waals surface area contributed by atoms with Crippen molar-refractivity contribution in [3.8, 4) is 17.2 Å². The number of amides is 3. The van der Waals surface area contributed by atoms with E-state index in [1.165, 1.54) is 19.7 Å². The normalized spacial score (nSPS) is 16.0. The highest BCUT2D eigenvalue weighted by Gasteiger charge is 2.30. The maximum atomic E-state index is 12.1. The van der Waals surface area contributed by atoms with E-state index in [-0.39, 0.29) is 23.8 Å². The molecule has 0 bridgehead atoms. The smallest absolute Gasteiger partial charge is 0.348 e. The van der Waals surface area contributed by atoms with Crippen LogP contribution in [0.1, 0.15) is 12.0 Å². The van der Waals surface area contributed by atoms with Gasteiger partial charge in [-0.3, -0.25) is 14.9 Å². The number of nitrogens with zero attached hydrogens (tertiary/aromatic N) is 1. The lowest BCUT2D eigenvalue weighted by atomic mass is 10.1. The molecule has 8 nitrogen and oxygen atoms in total. The number of methoxy groups -OCH3 is 2. The van der Waals surface area contributed by atoms with Crippen LogP contribution in [0.15, 0.2) is 17.7 Å². The number of nitrogens with one attached hydrogen (secondary N) is 1. The number of likely N-dealkylation sites (tertiary alicyclic amines) is 1. The van der Waals surface area contributed by atoms with Crippen molar-refractivity contribution in [1.29, 1.82) is 0 Å². The van der Waals surface area contributed by atoms with E-state index in [0.717, 1.165) is 4.90 Å². The van der Waals surface area contributed by atoms with Gasteiger partial charge in [0.25, 0.3) is 5.91 Å². The van der Waals surface area contributed by atoms with E-state index in [1.54, 1.807) is 18.2 Å². The molecule has 1 fully saturated rings. The molecule has 3 amide bonds. The largest absolute Gasteiger partial charge is 0.502 e. The Bertz CT molecular complexity index is 615. The predicted molar refractivity (Wildman–Crippen MR) is 75.8 cm³/mol. The van der Waals surface area contributed by atoms with Gasteiger partial charge < -0.3 is 14.6 Å². The molecule has 1 saturated heterocycles. The number of phenols is 1. The second-order valence-corrected chi connectivity index (χ2v) is 4.57. The standard InChI is InChI=1S/C14H16N2O6/c1-21-10-6-8(7-11(22-2)12(10)17)5-9-3-4-16(13(9)18)14(19)15-20/h5-7,17,20H,3-4H2,1-2H3,(H,15,19)/b9-5-. The first-order valence-electron chi connectivity index (χ1n) is 6.43. The van der Waals surface area contributed by atoms with E-state index in [2.05, 4.69) is 0 Å². The van der Waals surface area contributed by atoms with E-state index >= 15 is 0 Å². The first-order chi connectivity index (χ1) is 10.5. The highest BCUT2D eigenvalue weighted by molar-refractivity contribution is 6.08. The number of aromatic hydroxyl groups is 1. The number of urea groups is 1. The first-order valence-corrected chi connectivity index (χ1v) is 6.43. The van der Waals surface area contributed by atoms with Crippen molar-refractivity contribution >= 4 is 18.0 Å². The predicted octanol–water partition coefficient (Wildman–Crippen LogP) is 1.12. The highest BCUT2D eigenvalue weighted by atomic mass is 16.5. The molecule has 2 rings (SSSR count). The zero-order chi connectivity index (χ0) is 16.3. The van der Waals surface area contributed by atoms with Crippen molar-refractivity contribution in [2.75, 3.05) is 20.8 Å². The number of imide groups is 1. The van der Waals surface area contributed by atoms with Crippen LogP contribution in [0.5, 0.6) is 17.2 Å². The second kappa shape index (κ2) is 6.35. The molecule has 118 valence electrons. The van der Waals surface area contributed by atoms with Gasteiger partial charge in [-0.25, -0.2) is 10.3 Å². The summed E-state index contributed by atoms with van der Waals surface area (Å²) in [5.74, 6) is -0.202. The Kier molecular flexibility index (Phi) is 4.52. The minimum absolute atomic E-state index is 0.133. The van der Waals surface area contributed by atoms with E-state index in [1.807, 2.05) is 0 Å². The fourth-order valence-corrected chi connectivity index (χ4v) is 2.20. The van der Waals surface area contributed by atoms with Crippen LogP contribution < -0.4 is 15.0 Å². The van der Waals surface area contributed by atoms with Crippen LogP contribution in [0.2, 0.25) is 0 Å². The summed E-state index contributed by atoms with van der Waals surface area (Å²) in [4.78, 5) is 24.3. The quantitative estimate of drug-likeness (QED) is 0.439. The van der Waals surface area contributed by atoms with Gasteiger partial charge in [0, 0.05) is 12.1 Å². The fraction of sp³-hybridized carbons (Fsp3) is 0.286. The number of ether oxygens (including phenoxy) is 2.